The highest BCUT2D eigenvalue weighted by Crippen LogP contribution is 2.30. The first-order chi connectivity index (χ1) is 15.5. The van der Waals surface area contributed by atoms with E-state index in [4.69, 9.17) is 9.47 Å². The average Bonchev–Trinajstić information content (AvgIpc) is 3.39. The van der Waals surface area contributed by atoms with E-state index >= 15 is 0 Å². The Hall–Kier alpha value is -2.92. The molecule has 0 aliphatic carbocycles. The van der Waals surface area contributed by atoms with Gasteiger partial charge in [-0.1, -0.05) is 23.9 Å². The maximum Gasteiger partial charge on any atom is 0.243 e. The van der Waals surface area contributed by atoms with E-state index in [1.54, 1.807) is 23.9 Å². The number of aromatic nitrogens is 5. The molecule has 32 heavy (non-hydrogen) atoms. The summed E-state index contributed by atoms with van der Waals surface area (Å²) in [7, 11) is 1.63. The molecule has 2 heterocycles. The van der Waals surface area contributed by atoms with Crippen LogP contribution in [0.5, 0.6) is 5.88 Å². The van der Waals surface area contributed by atoms with Gasteiger partial charge in [0.15, 0.2) is 11.0 Å². The summed E-state index contributed by atoms with van der Waals surface area (Å²) in [6.07, 6.45) is 1.88. The van der Waals surface area contributed by atoms with Gasteiger partial charge >= 0.3 is 0 Å². The Morgan fingerprint density at radius 2 is 2.00 bits per heavy atom. The number of ether oxygens (including phenoxy) is 2. The molecule has 0 radical (unpaired) electrons. The summed E-state index contributed by atoms with van der Waals surface area (Å²) in [4.78, 5) is 12.3. The molecule has 1 aromatic carbocycles. The van der Waals surface area contributed by atoms with Crippen LogP contribution in [0, 0.1) is 5.82 Å². The second-order valence-electron chi connectivity index (χ2n) is 6.78. The lowest BCUT2D eigenvalue weighted by Crippen LogP contribution is -2.24. The van der Waals surface area contributed by atoms with Crippen molar-refractivity contribution in [1.82, 2.24) is 29.9 Å². The van der Waals surface area contributed by atoms with Crippen LogP contribution in [0.15, 0.2) is 35.6 Å². The Labute approximate surface area is 190 Å². The van der Waals surface area contributed by atoms with Crippen molar-refractivity contribution >= 4 is 17.7 Å². The molecule has 1 amide bonds. The number of halogens is 1. The van der Waals surface area contributed by atoms with E-state index in [-0.39, 0.29) is 17.5 Å². The van der Waals surface area contributed by atoms with Crippen molar-refractivity contribution < 1.29 is 18.7 Å². The zero-order valence-electron chi connectivity index (χ0n) is 18.4. The lowest BCUT2D eigenvalue weighted by Gasteiger charge is -2.10. The molecule has 3 rings (SSSR count). The summed E-state index contributed by atoms with van der Waals surface area (Å²) < 4.78 is 27.6. The number of nitrogens with zero attached hydrogens (tertiary/aromatic N) is 5. The Morgan fingerprint density at radius 1 is 1.22 bits per heavy atom. The predicted octanol–water partition coefficient (Wildman–Crippen LogP) is 2.75. The molecule has 9 nitrogen and oxygen atoms in total. The van der Waals surface area contributed by atoms with Gasteiger partial charge in [0, 0.05) is 26.4 Å². The van der Waals surface area contributed by atoms with E-state index in [9.17, 15) is 9.18 Å². The fourth-order valence-corrected chi connectivity index (χ4v) is 3.72. The van der Waals surface area contributed by atoms with Crippen LogP contribution in [0.1, 0.15) is 19.4 Å². The molecular formula is C21H27FN6O3S. The molecule has 3 aromatic rings. The van der Waals surface area contributed by atoms with E-state index in [0.29, 0.717) is 49.7 Å². The molecule has 0 atom stereocenters. The summed E-state index contributed by atoms with van der Waals surface area (Å²) in [6.45, 7) is 6.37. The van der Waals surface area contributed by atoms with Crippen LogP contribution in [0.2, 0.25) is 0 Å². The highest BCUT2D eigenvalue weighted by atomic mass is 32.2. The highest BCUT2D eigenvalue weighted by Gasteiger charge is 2.21. The second kappa shape index (κ2) is 11.6. The third-order valence-electron chi connectivity index (χ3n) is 4.54. The van der Waals surface area contributed by atoms with Gasteiger partial charge in [-0.15, -0.1) is 15.3 Å². The van der Waals surface area contributed by atoms with Crippen LogP contribution in [0.3, 0.4) is 0 Å². The fraction of sp³-hybridized carbons (Fsp3) is 0.429. The minimum absolute atomic E-state index is 0.157. The Bertz CT molecular complexity index is 1020. The second-order valence-corrected chi connectivity index (χ2v) is 7.72. The van der Waals surface area contributed by atoms with Crippen LogP contribution < -0.4 is 10.1 Å². The number of amides is 1. The number of rotatable bonds is 12. The van der Waals surface area contributed by atoms with Gasteiger partial charge in [-0.3, -0.25) is 14.0 Å². The maximum absolute atomic E-state index is 13.0. The number of thioether (sulfide) groups is 1. The van der Waals surface area contributed by atoms with Gasteiger partial charge in [-0.05, 0) is 31.5 Å². The number of aryl methyl sites for hydroxylation is 1. The zero-order chi connectivity index (χ0) is 22.9. The normalized spacial score (nSPS) is 11.0. The monoisotopic (exact) mass is 462 g/mol. The summed E-state index contributed by atoms with van der Waals surface area (Å²) in [5.41, 5.74) is 1.57. The Balaban J connectivity index is 1.71. The molecule has 0 aliphatic rings. The molecule has 172 valence electrons. The lowest BCUT2D eigenvalue weighted by atomic mass is 10.2. The molecule has 0 bridgehead atoms. The third kappa shape index (κ3) is 6.07. The number of methoxy groups -OCH3 is 1. The SMILES string of the molecule is CCOc1nn(CC)cc1-c1nnc(SCC(=O)NCc2ccc(F)cc2)n1CCOC. The zero-order valence-corrected chi connectivity index (χ0v) is 19.2. The van der Waals surface area contributed by atoms with Crippen LogP contribution in [0.4, 0.5) is 4.39 Å². The van der Waals surface area contributed by atoms with E-state index < -0.39 is 0 Å². The number of carbonyl (C=O) groups excluding carboxylic acids is 1. The third-order valence-corrected chi connectivity index (χ3v) is 5.51. The smallest absolute Gasteiger partial charge is 0.243 e. The Kier molecular flexibility index (Phi) is 8.63. The van der Waals surface area contributed by atoms with Crippen molar-refractivity contribution in [3.8, 4) is 17.3 Å². The van der Waals surface area contributed by atoms with E-state index in [0.717, 1.165) is 11.1 Å². The highest BCUT2D eigenvalue weighted by molar-refractivity contribution is 7.99. The lowest BCUT2D eigenvalue weighted by molar-refractivity contribution is -0.118. The Morgan fingerprint density at radius 3 is 2.69 bits per heavy atom. The van der Waals surface area contributed by atoms with E-state index in [1.807, 2.05) is 24.6 Å². The number of carbonyl (C=O) groups is 1. The van der Waals surface area contributed by atoms with Crippen LogP contribution in [-0.2, 0) is 29.2 Å². The van der Waals surface area contributed by atoms with Crippen LogP contribution >= 0.6 is 11.8 Å². The van der Waals surface area contributed by atoms with E-state index in [2.05, 4.69) is 20.6 Å². The number of benzene rings is 1. The summed E-state index contributed by atoms with van der Waals surface area (Å²) in [5, 5.41) is 16.5. The molecule has 0 spiro atoms. The topological polar surface area (TPSA) is 96.1 Å². The number of hydrogen-bond donors (Lipinski definition) is 1. The molecule has 0 saturated carbocycles. The van der Waals surface area contributed by atoms with Gasteiger partial charge in [0.1, 0.15) is 11.4 Å². The van der Waals surface area contributed by atoms with Gasteiger partial charge in [-0.2, -0.15) is 0 Å². The molecule has 0 unspecified atom stereocenters. The van der Waals surface area contributed by atoms with Crippen molar-refractivity contribution in [3.63, 3.8) is 0 Å². The first kappa shape index (κ1) is 23.7. The summed E-state index contributed by atoms with van der Waals surface area (Å²) >= 11 is 1.28. The number of hydrogen-bond acceptors (Lipinski definition) is 7. The molecule has 0 aliphatic heterocycles. The molecule has 11 heteroatoms. The average molecular weight is 463 g/mol. The minimum Gasteiger partial charge on any atom is -0.476 e. The van der Waals surface area contributed by atoms with Gasteiger partial charge in [0.05, 0.1) is 25.5 Å². The molecule has 0 fully saturated rings. The van der Waals surface area contributed by atoms with Crippen molar-refractivity contribution in [3.05, 3.63) is 41.8 Å². The molecule has 2 aromatic heterocycles. The number of nitrogens with one attached hydrogen (secondary N) is 1. The fourth-order valence-electron chi connectivity index (χ4n) is 2.93. The standard InChI is InChI=1S/C21H27FN6O3S/c1-4-27-13-17(20(26-27)31-5-2)19-24-25-21(28(19)10-11-30-3)32-14-18(29)23-12-15-6-8-16(22)9-7-15/h6-9,13H,4-5,10-12,14H2,1-3H3,(H,23,29). The quantitative estimate of drug-likeness (QED) is 0.414. The maximum atomic E-state index is 13.0. The predicted molar refractivity (Wildman–Crippen MR) is 119 cm³/mol. The largest absolute Gasteiger partial charge is 0.476 e. The van der Waals surface area contributed by atoms with Crippen molar-refractivity contribution in [2.24, 2.45) is 0 Å². The minimum atomic E-state index is -0.307. The molecular weight excluding hydrogens is 435 g/mol. The molecule has 1 N–H and O–H groups in total. The van der Waals surface area contributed by atoms with Gasteiger partial charge in [0.2, 0.25) is 11.8 Å². The van der Waals surface area contributed by atoms with Crippen molar-refractivity contribution in [2.75, 3.05) is 26.1 Å². The summed E-state index contributed by atoms with van der Waals surface area (Å²) in [6, 6.07) is 6.02. The van der Waals surface area contributed by atoms with Crippen LogP contribution in [0.25, 0.3) is 11.4 Å². The van der Waals surface area contributed by atoms with Gasteiger partial charge < -0.3 is 14.8 Å². The van der Waals surface area contributed by atoms with Crippen molar-refractivity contribution in [2.45, 2.75) is 38.6 Å². The molecule has 0 saturated heterocycles. The van der Waals surface area contributed by atoms with Gasteiger partial charge in [-0.25, -0.2) is 4.39 Å². The van der Waals surface area contributed by atoms with Gasteiger partial charge in [0.25, 0.3) is 0 Å². The summed E-state index contributed by atoms with van der Waals surface area (Å²) in [5.74, 6) is 0.807. The van der Waals surface area contributed by atoms with E-state index in [1.165, 1.54) is 23.9 Å². The van der Waals surface area contributed by atoms with Crippen molar-refractivity contribution in [1.29, 1.82) is 0 Å². The van der Waals surface area contributed by atoms with Crippen LogP contribution in [-0.4, -0.2) is 56.5 Å². The first-order valence-electron chi connectivity index (χ1n) is 10.3. The first-order valence-corrected chi connectivity index (χ1v) is 11.3.